The number of nitrogens with one attached hydrogen (secondary N) is 2. The first-order valence-electron chi connectivity index (χ1n) is 8.36. The van der Waals surface area contributed by atoms with Crippen LogP contribution in [-0.2, 0) is 11.2 Å². The standard InChI is InChI=1S/C18H22N4O3/c1-25-16-4-2-13(3-5-16)10-17(23)20-14-6-8-22(9-7-14)15-11-18(24)21-19-12-15/h2-5,11-12,14H,6-10H2,1H3,(H,20,23)(H,21,24). The maximum Gasteiger partial charge on any atom is 0.266 e. The summed E-state index contributed by atoms with van der Waals surface area (Å²) in [6, 6.07) is 9.24. The Balaban J connectivity index is 1.48. The van der Waals surface area contributed by atoms with Crippen LogP contribution in [0.4, 0.5) is 5.69 Å². The lowest BCUT2D eigenvalue weighted by Gasteiger charge is -2.33. The van der Waals surface area contributed by atoms with E-state index in [0.717, 1.165) is 42.9 Å². The Labute approximate surface area is 146 Å². The van der Waals surface area contributed by atoms with Gasteiger partial charge in [0.1, 0.15) is 5.75 Å². The molecule has 0 unspecified atom stereocenters. The molecule has 1 aliphatic rings. The van der Waals surface area contributed by atoms with Gasteiger partial charge in [-0.1, -0.05) is 12.1 Å². The minimum absolute atomic E-state index is 0.0291. The number of hydrogen-bond donors (Lipinski definition) is 2. The maximum absolute atomic E-state index is 12.2. The summed E-state index contributed by atoms with van der Waals surface area (Å²) >= 11 is 0. The van der Waals surface area contributed by atoms with Crippen LogP contribution in [0.2, 0.25) is 0 Å². The van der Waals surface area contributed by atoms with E-state index in [2.05, 4.69) is 20.4 Å². The average Bonchev–Trinajstić information content (AvgIpc) is 2.63. The number of aromatic amines is 1. The van der Waals surface area contributed by atoms with Crippen LogP contribution in [0.25, 0.3) is 0 Å². The Bertz CT molecular complexity index is 764. The molecule has 1 saturated heterocycles. The third-order valence-electron chi connectivity index (χ3n) is 4.40. The van der Waals surface area contributed by atoms with Crippen molar-refractivity contribution in [2.45, 2.75) is 25.3 Å². The molecule has 1 aromatic carbocycles. The van der Waals surface area contributed by atoms with E-state index in [0.29, 0.717) is 6.42 Å². The van der Waals surface area contributed by atoms with Gasteiger partial charge in [-0.05, 0) is 30.5 Å². The van der Waals surface area contributed by atoms with Crippen molar-refractivity contribution in [3.63, 3.8) is 0 Å². The van der Waals surface area contributed by atoms with Crippen molar-refractivity contribution in [3.05, 3.63) is 52.4 Å². The van der Waals surface area contributed by atoms with Crippen molar-refractivity contribution in [3.8, 4) is 5.75 Å². The van der Waals surface area contributed by atoms with E-state index in [4.69, 9.17) is 4.74 Å². The van der Waals surface area contributed by atoms with Crippen LogP contribution in [-0.4, -0.2) is 42.3 Å². The highest BCUT2D eigenvalue weighted by atomic mass is 16.5. The van der Waals surface area contributed by atoms with Crippen molar-refractivity contribution < 1.29 is 9.53 Å². The third-order valence-corrected chi connectivity index (χ3v) is 4.40. The highest BCUT2D eigenvalue weighted by molar-refractivity contribution is 5.78. The molecule has 0 radical (unpaired) electrons. The van der Waals surface area contributed by atoms with Gasteiger partial charge in [0.25, 0.3) is 5.56 Å². The summed E-state index contributed by atoms with van der Waals surface area (Å²) in [6.45, 7) is 1.58. The van der Waals surface area contributed by atoms with Gasteiger partial charge in [0.15, 0.2) is 0 Å². The number of rotatable bonds is 5. The summed E-state index contributed by atoms with van der Waals surface area (Å²) in [5.41, 5.74) is 1.59. The summed E-state index contributed by atoms with van der Waals surface area (Å²) in [4.78, 5) is 25.7. The Morgan fingerprint density at radius 3 is 2.68 bits per heavy atom. The molecule has 3 rings (SSSR count). The quantitative estimate of drug-likeness (QED) is 0.850. The smallest absolute Gasteiger partial charge is 0.266 e. The summed E-state index contributed by atoms with van der Waals surface area (Å²) in [7, 11) is 1.62. The highest BCUT2D eigenvalue weighted by Gasteiger charge is 2.21. The molecule has 2 aromatic rings. The number of nitrogens with zero attached hydrogens (tertiary/aromatic N) is 2. The number of benzene rings is 1. The molecule has 0 bridgehead atoms. The first-order valence-corrected chi connectivity index (χ1v) is 8.36. The van der Waals surface area contributed by atoms with Crippen LogP contribution < -0.4 is 20.5 Å². The molecule has 0 aliphatic carbocycles. The summed E-state index contributed by atoms with van der Waals surface area (Å²) in [5.74, 6) is 0.812. The number of ether oxygens (including phenoxy) is 1. The molecule has 1 aliphatic heterocycles. The Morgan fingerprint density at radius 1 is 1.32 bits per heavy atom. The van der Waals surface area contributed by atoms with E-state index in [1.165, 1.54) is 0 Å². The monoisotopic (exact) mass is 342 g/mol. The van der Waals surface area contributed by atoms with E-state index < -0.39 is 0 Å². The van der Waals surface area contributed by atoms with E-state index >= 15 is 0 Å². The fourth-order valence-electron chi connectivity index (χ4n) is 3.03. The molecule has 0 atom stereocenters. The molecule has 132 valence electrons. The van der Waals surface area contributed by atoms with Crippen LogP contribution in [0.5, 0.6) is 5.75 Å². The molecule has 0 saturated carbocycles. The predicted octanol–water partition coefficient (Wildman–Crippen LogP) is 1.11. The number of methoxy groups -OCH3 is 1. The predicted molar refractivity (Wildman–Crippen MR) is 94.9 cm³/mol. The number of anilines is 1. The van der Waals surface area contributed by atoms with Crippen molar-refractivity contribution in [2.75, 3.05) is 25.1 Å². The van der Waals surface area contributed by atoms with E-state index in [-0.39, 0.29) is 17.5 Å². The minimum atomic E-state index is -0.201. The molecule has 1 amide bonds. The van der Waals surface area contributed by atoms with Crippen molar-refractivity contribution >= 4 is 11.6 Å². The molecule has 1 fully saturated rings. The van der Waals surface area contributed by atoms with Gasteiger partial charge in [-0.2, -0.15) is 5.10 Å². The van der Waals surface area contributed by atoms with Gasteiger partial charge in [-0.25, -0.2) is 5.10 Å². The zero-order valence-electron chi connectivity index (χ0n) is 14.2. The van der Waals surface area contributed by atoms with E-state index in [9.17, 15) is 9.59 Å². The zero-order chi connectivity index (χ0) is 17.6. The Morgan fingerprint density at radius 2 is 2.04 bits per heavy atom. The van der Waals surface area contributed by atoms with Gasteiger partial charge in [0.2, 0.25) is 5.91 Å². The maximum atomic E-state index is 12.2. The molecule has 7 nitrogen and oxygen atoms in total. The number of hydrogen-bond acceptors (Lipinski definition) is 5. The second-order valence-electron chi connectivity index (χ2n) is 6.16. The summed E-state index contributed by atoms with van der Waals surface area (Å²) < 4.78 is 5.12. The van der Waals surface area contributed by atoms with Crippen molar-refractivity contribution in [1.82, 2.24) is 15.5 Å². The number of carbonyl (C=O) groups is 1. The molecular formula is C18H22N4O3. The normalized spacial score (nSPS) is 15.0. The summed E-state index contributed by atoms with van der Waals surface area (Å²) in [6.07, 6.45) is 3.72. The van der Waals surface area contributed by atoms with Crippen LogP contribution in [0.15, 0.2) is 41.3 Å². The SMILES string of the molecule is COc1ccc(CC(=O)NC2CCN(c3cn[nH]c(=O)c3)CC2)cc1. The molecule has 25 heavy (non-hydrogen) atoms. The zero-order valence-corrected chi connectivity index (χ0v) is 14.2. The van der Waals surface area contributed by atoms with Gasteiger partial charge < -0.3 is 15.0 Å². The van der Waals surface area contributed by atoms with Gasteiger partial charge in [-0.15, -0.1) is 0 Å². The van der Waals surface area contributed by atoms with Gasteiger partial charge in [-0.3, -0.25) is 9.59 Å². The molecule has 2 N–H and O–H groups in total. The molecule has 2 heterocycles. The number of aromatic nitrogens is 2. The first kappa shape index (κ1) is 17.0. The van der Waals surface area contributed by atoms with Gasteiger partial charge in [0, 0.05) is 25.2 Å². The first-order chi connectivity index (χ1) is 12.1. The van der Waals surface area contributed by atoms with Crippen molar-refractivity contribution in [2.24, 2.45) is 0 Å². The topological polar surface area (TPSA) is 87.3 Å². The van der Waals surface area contributed by atoms with Crippen LogP contribution in [0.3, 0.4) is 0 Å². The van der Waals surface area contributed by atoms with Gasteiger partial charge in [0.05, 0.1) is 25.4 Å². The summed E-state index contributed by atoms with van der Waals surface area (Å²) in [5, 5.41) is 9.31. The third kappa shape index (κ3) is 4.59. The second-order valence-corrected chi connectivity index (χ2v) is 6.16. The fourth-order valence-corrected chi connectivity index (χ4v) is 3.03. The lowest BCUT2D eigenvalue weighted by atomic mass is 10.0. The van der Waals surface area contributed by atoms with Crippen LogP contribution >= 0.6 is 0 Å². The number of amides is 1. The molecular weight excluding hydrogens is 320 g/mol. The Hall–Kier alpha value is -2.83. The number of H-pyrrole nitrogens is 1. The Kier molecular flexibility index (Phi) is 5.33. The molecule has 7 heteroatoms. The van der Waals surface area contributed by atoms with Gasteiger partial charge >= 0.3 is 0 Å². The second kappa shape index (κ2) is 7.83. The van der Waals surface area contributed by atoms with Crippen LogP contribution in [0.1, 0.15) is 18.4 Å². The fraction of sp³-hybridized carbons (Fsp3) is 0.389. The minimum Gasteiger partial charge on any atom is -0.497 e. The average molecular weight is 342 g/mol. The van der Waals surface area contributed by atoms with Crippen molar-refractivity contribution in [1.29, 1.82) is 0 Å². The molecule has 0 spiro atoms. The highest BCUT2D eigenvalue weighted by Crippen LogP contribution is 2.18. The van der Waals surface area contributed by atoms with E-state index in [1.807, 2.05) is 24.3 Å². The van der Waals surface area contributed by atoms with Crippen LogP contribution in [0, 0.1) is 0 Å². The number of piperidine rings is 1. The number of carbonyl (C=O) groups excluding carboxylic acids is 1. The molecule has 1 aromatic heterocycles. The van der Waals surface area contributed by atoms with E-state index in [1.54, 1.807) is 19.4 Å². The largest absolute Gasteiger partial charge is 0.497 e. The lowest BCUT2D eigenvalue weighted by molar-refractivity contribution is -0.121. The lowest BCUT2D eigenvalue weighted by Crippen LogP contribution is -2.45.